The molecule has 0 amide bonds. The van der Waals surface area contributed by atoms with Crippen LogP contribution in [0.4, 0.5) is 0 Å². The number of benzene rings is 1. The molecular formula is C10H9NO3. The number of carbonyl (C=O) groups excluding carboxylic acids is 1. The second-order valence-corrected chi connectivity index (χ2v) is 2.81. The van der Waals surface area contributed by atoms with Crippen LogP contribution in [0, 0.1) is 0 Å². The minimum atomic E-state index is -0.598. The van der Waals surface area contributed by atoms with E-state index in [2.05, 4.69) is 9.72 Å². The zero-order valence-corrected chi connectivity index (χ0v) is 7.36. The van der Waals surface area contributed by atoms with Gasteiger partial charge >= 0.3 is 5.97 Å². The Bertz CT molecular complexity index is 461. The van der Waals surface area contributed by atoms with Crippen LogP contribution in [0.2, 0.25) is 0 Å². The first kappa shape index (κ1) is 8.77. The molecule has 0 atom stereocenters. The lowest BCUT2D eigenvalue weighted by Gasteiger charge is -2.01. The molecule has 72 valence electrons. The van der Waals surface area contributed by atoms with Crippen LogP contribution >= 0.6 is 0 Å². The van der Waals surface area contributed by atoms with Crippen LogP contribution in [0.1, 0.15) is 10.4 Å². The molecule has 0 unspecified atom stereocenters. The maximum atomic E-state index is 11.4. The van der Waals surface area contributed by atoms with Gasteiger partial charge in [0.2, 0.25) is 0 Å². The van der Waals surface area contributed by atoms with Crippen LogP contribution < -0.4 is 0 Å². The Morgan fingerprint density at radius 2 is 2.29 bits per heavy atom. The van der Waals surface area contributed by atoms with E-state index in [-0.39, 0.29) is 0 Å². The van der Waals surface area contributed by atoms with E-state index in [0.717, 1.165) is 10.9 Å². The summed E-state index contributed by atoms with van der Waals surface area (Å²) in [6.45, 7) is -0.598. The SMILES string of the molecule is O=C(OCO)c1cccc2[nH]ccc12. The average molecular weight is 191 g/mol. The van der Waals surface area contributed by atoms with Crippen molar-refractivity contribution in [2.75, 3.05) is 6.79 Å². The van der Waals surface area contributed by atoms with Crippen LogP contribution in [0.5, 0.6) is 0 Å². The number of hydrogen-bond donors (Lipinski definition) is 2. The number of aliphatic hydroxyl groups is 1. The number of esters is 1. The number of carbonyl (C=O) groups is 1. The molecule has 4 nitrogen and oxygen atoms in total. The summed E-state index contributed by atoms with van der Waals surface area (Å²) in [5.41, 5.74) is 1.33. The summed E-state index contributed by atoms with van der Waals surface area (Å²) in [6, 6.07) is 7.08. The van der Waals surface area contributed by atoms with Gasteiger partial charge in [-0.2, -0.15) is 0 Å². The zero-order chi connectivity index (χ0) is 9.97. The Labute approximate surface area is 80.1 Å². The molecule has 0 saturated heterocycles. The number of aromatic amines is 1. The fourth-order valence-corrected chi connectivity index (χ4v) is 1.40. The molecule has 14 heavy (non-hydrogen) atoms. The van der Waals surface area contributed by atoms with Crippen LogP contribution in [-0.4, -0.2) is 22.9 Å². The smallest absolute Gasteiger partial charge is 0.340 e. The van der Waals surface area contributed by atoms with Crippen molar-refractivity contribution in [3.05, 3.63) is 36.0 Å². The van der Waals surface area contributed by atoms with Gasteiger partial charge in [0.05, 0.1) is 5.56 Å². The number of rotatable bonds is 2. The minimum absolute atomic E-state index is 0.456. The van der Waals surface area contributed by atoms with E-state index in [4.69, 9.17) is 5.11 Å². The molecular weight excluding hydrogens is 182 g/mol. The molecule has 2 rings (SSSR count). The van der Waals surface area contributed by atoms with Crippen molar-refractivity contribution in [2.45, 2.75) is 0 Å². The first-order valence-electron chi connectivity index (χ1n) is 4.17. The predicted octanol–water partition coefficient (Wildman–Crippen LogP) is 1.27. The number of ether oxygens (including phenoxy) is 1. The molecule has 1 aromatic heterocycles. The zero-order valence-electron chi connectivity index (χ0n) is 7.36. The Kier molecular flexibility index (Phi) is 2.20. The Hall–Kier alpha value is -1.81. The molecule has 0 aliphatic carbocycles. The van der Waals surface area contributed by atoms with Crippen molar-refractivity contribution in [1.29, 1.82) is 0 Å². The lowest BCUT2D eigenvalue weighted by Crippen LogP contribution is -2.05. The Morgan fingerprint density at radius 3 is 3.07 bits per heavy atom. The average Bonchev–Trinajstić information content (AvgIpc) is 2.65. The molecule has 0 bridgehead atoms. The van der Waals surface area contributed by atoms with E-state index in [1.54, 1.807) is 24.4 Å². The van der Waals surface area contributed by atoms with Gasteiger partial charge < -0.3 is 14.8 Å². The third-order valence-electron chi connectivity index (χ3n) is 2.01. The van der Waals surface area contributed by atoms with E-state index in [1.165, 1.54) is 0 Å². The Morgan fingerprint density at radius 1 is 1.43 bits per heavy atom. The van der Waals surface area contributed by atoms with Crippen molar-refractivity contribution in [3.8, 4) is 0 Å². The second-order valence-electron chi connectivity index (χ2n) is 2.81. The fraction of sp³-hybridized carbons (Fsp3) is 0.100. The molecule has 1 aromatic carbocycles. The van der Waals surface area contributed by atoms with Crippen LogP contribution in [-0.2, 0) is 4.74 Å². The number of nitrogens with one attached hydrogen (secondary N) is 1. The van der Waals surface area contributed by atoms with Crippen LogP contribution in [0.25, 0.3) is 10.9 Å². The lowest BCUT2D eigenvalue weighted by molar-refractivity contribution is 0.00705. The van der Waals surface area contributed by atoms with Gasteiger partial charge in [0.1, 0.15) is 0 Å². The van der Waals surface area contributed by atoms with Gasteiger partial charge in [-0.1, -0.05) is 6.07 Å². The summed E-state index contributed by atoms with van der Waals surface area (Å²) < 4.78 is 4.51. The summed E-state index contributed by atoms with van der Waals surface area (Å²) in [6.07, 6.45) is 1.75. The third-order valence-corrected chi connectivity index (χ3v) is 2.01. The highest BCUT2D eigenvalue weighted by atomic mass is 16.6. The van der Waals surface area contributed by atoms with Gasteiger partial charge in [-0.25, -0.2) is 4.79 Å². The topological polar surface area (TPSA) is 62.3 Å². The van der Waals surface area contributed by atoms with Gasteiger partial charge in [-0.15, -0.1) is 0 Å². The van der Waals surface area contributed by atoms with Gasteiger partial charge in [0.25, 0.3) is 0 Å². The van der Waals surface area contributed by atoms with E-state index >= 15 is 0 Å². The summed E-state index contributed by atoms with van der Waals surface area (Å²) in [4.78, 5) is 14.3. The molecule has 1 heterocycles. The summed E-state index contributed by atoms with van der Waals surface area (Å²) in [7, 11) is 0. The Balaban J connectivity index is 2.50. The largest absolute Gasteiger partial charge is 0.435 e. The standard InChI is InChI=1S/C10H9NO3/c12-6-14-10(13)8-2-1-3-9-7(8)4-5-11-9/h1-5,11-12H,6H2. The highest BCUT2D eigenvalue weighted by Crippen LogP contribution is 2.17. The second kappa shape index (κ2) is 3.51. The molecule has 0 saturated carbocycles. The number of fused-ring (bicyclic) bond motifs is 1. The van der Waals surface area contributed by atoms with E-state index in [9.17, 15) is 4.79 Å². The van der Waals surface area contributed by atoms with Crippen molar-refractivity contribution >= 4 is 16.9 Å². The molecule has 0 spiro atoms. The van der Waals surface area contributed by atoms with Crippen molar-refractivity contribution < 1.29 is 14.6 Å². The van der Waals surface area contributed by atoms with Gasteiger partial charge in [-0.3, -0.25) is 0 Å². The van der Waals surface area contributed by atoms with Gasteiger partial charge in [-0.05, 0) is 18.2 Å². The van der Waals surface area contributed by atoms with Crippen LogP contribution in [0.15, 0.2) is 30.5 Å². The number of H-pyrrole nitrogens is 1. The predicted molar refractivity (Wildman–Crippen MR) is 50.8 cm³/mol. The quantitative estimate of drug-likeness (QED) is 0.555. The molecule has 0 fully saturated rings. The van der Waals surface area contributed by atoms with Crippen molar-refractivity contribution in [1.82, 2.24) is 4.98 Å². The van der Waals surface area contributed by atoms with Crippen LogP contribution in [0.3, 0.4) is 0 Å². The molecule has 0 radical (unpaired) electrons. The number of aromatic nitrogens is 1. The lowest BCUT2D eigenvalue weighted by atomic mass is 10.1. The number of hydrogen-bond acceptors (Lipinski definition) is 3. The normalized spacial score (nSPS) is 10.4. The first-order chi connectivity index (χ1) is 6.83. The molecule has 0 aliphatic rings. The molecule has 2 N–H and O–H groups in total. The van der Waals surface area contributed by atoms with Crippen molar-refractivity contribution in [2.24, 2.45) is 0 Å². The van der Waals surface area contributed by atoms with Crippen molar-refractivity contribution in [3.63, 3.8) is 0 Å². The maximum Gasteiger partial charge on any atom is 0.340 e. The van der Waals surface area contributed by atoms with Gasteiger partial charge in [0, 0.05) is 17.1 Å². The van der Waals surface area contributed by atoms with Gasteiger partial charge in [0.15, 0.2) is 6.79 Å². The fourth-order valence-electron chi connectivity index (χ4n) is 1.40. The third kappa shape index (κ3) is 1.36. The monoisotopic (exact) mass is 191 g/mol. The summed E-state index contributed by atoms with van der Waals surface area (Å²) in [5.74, 6) is -0.516. The number of aliphatic hydroxyl groups excluding tert-OH is 1. The van der Waals surface area contributed by atoms with E-state index < -0.39 is 12.8 Å². The molecule has 2 aromatic rings. The molecule has 4 heteroatoms. The highest BCUT2D eigenvalue weighted by molar-refractivity contribution is 6.03. The summed E-state index contributed by atoms with van der Waals surface area (Å²) in [5, 5.41) is 9.27. The van der Waals surface area contributed by atoms with E-state index in [0.29, 0.717) is 5.56 Å². The summed E-state index contributed by atoms with van der Waals surface area (Å²) >= 11 is 0. The molecule has 0 aliphatic heterocycles. The maximum absolute atomic E-state index is 11.4. The minimum Gasteiger partial charge on any atom is -0.435 e. The highest BCUT2D eigenvalue weighted by Gasteiger charge is 2.10. The van der Waals surface area contributed by atoms with E-state index in [1.807, 2.05) is 6.07 Å². The first-order valence-corrected chi connectivity index (χ1v) is 4.17.